The number of allylic oxidation sites excluding steroid dienone is 1. The van der Waals surface area contributed by atoms with Crippen molar-refractivity contribution >= 4 is 0 Å². The summed E-state index contributed by atoms with van der Waals surface area (Å²) >= 11 is 0. The largest absolute Gasteiger partial charge is 0.317 e. The van der Waals surface area contributed by atoms with Crippen molar-refractivity contribution in [2.24, 2.45) is 0 Å². The van der Waals surface area contributed by atoms with Gasteiger partial charge in [-0.2, -0.15) is 0 Å². The van der Waals surface area contributed by atoms with E-state index in [0.717, 1.165) is 6.42 Å². The molecule has 0 aromatic heterocycles. The van der Waals surface area contributed by atoms with Crippen molar-refractivity contribution in [1.82, 2.24) is 5.32 Å². The van der Waals surface area contributed by atoms with Gasteiger partial charge in [0.15, 0.2) is 0 Å². The van der Waals surface area contributed by atoms with E-state index in [0.29, 0.717) is 0 Å². The number of rotatable bonds is 24. The molecule has 0 unspecified atom stereocenters. The summed E-state index contributed by atoms with van der Waals surface area (Å²) in [6.07, 6.45) is 29.6. The minimum absolute atomic E-state index is 1.16. The fourth-order valence-electron chi connectivity index (χ4n) is 3.90. The van der Waals surface area contributed by atoms with Gasteiger partial charge in [-0.1, -0.05) is 129 Å². The summed E-state index contributed by atoms with van der Waals surface area (Å²) in [5, 5.41) is 3.63. The van der Waals surface area contributed by atoms with E-state index < -0.39 is 0 Å². The predicted molar refractivity (Wildman–Crippen MR) is 130 cm³/mol. The maximum Gasteiger partial charge on any atom is -0.00489 e. The monoisotopic (exact) mass is 393 g/mol. The first-order valence-electron chi connectivity index (χ1n) is 13.2. The van der Waals surface area contributed by atoms with E-state index in [9.17, 15) is 0 Å². The highest BCUT2D eigenvalue weighted by atomic mass is 14.8. The zero-order valence-electron chi connectivity index (χ0n) is 20.0. The molecule has 0 saturated heterocycles. The van der Waals surface area contributed by atoms with Crippen molar-refractivity contribution in [1.29, 1.82) is 0 Å². The van der Waals surface area contributed by atoms with Crippen LogP contribution in [0.25, 0.3) is 0 Å². The van der Waals surface area contributed by atoms with Crippen LogP contribution in [0.4, 0.5) is 0 Å². The van der Waals surface area contributed by atoms with Crippen LogP contribution in [0.1, 0.15) is 149 Å². The zero-order chi connectivity index (χ0) is 20.5. The lowest BCUT2D eigenvalue weighted by atomic mass is 10.0. The first-order chi connectivity index (χ1) is 13.8. The van der Waals surface area contributed by atoms with Gasteiger partial charge in [0.05, 0.1) is 0 Å². The van der Waals surface area contributed by atoms with Crippen LogP contribution in [-0.2, 0) is 0 Å². The third-order valence-electron chi connectivity index (χ3n) is 6.09. The van der Waals surface area contributed by atoms with Crippen LogP contribution in [0.15, 0.2) is 12.2 Å². The molecule has 1 heteroatoms. The molecule has 0 rings (SSSR count). The van der Waals surface area contributed by atoms with Crippen molar-refractivity contribution in [2.75, 3.05) is 13.1 Å². The summed E-state index contributed by atoms with van der Waals surface area (Å²) in [5.41, 5.74) is 1.43. The highest BCUT2D eigenvalue weighted by molar-refractivity contribution is 4.91. The molecule has 0 amide bonds. The molecule has 0 heterocycles. The Balaban J connectivity index is 3.00. The maximum atomic E-state index is 4.09. The van der Waals surface area contributed by atoms with Crippen LogP contribution < -0.4 is 5.32 Å². The van der Waals surface area contributed by atoms with Gasteiger partial charge in [0.25, 0.3) is 0 Å². The lowest BCUT2D eigenvalue weighted by Crippen LogP contribution is -2.16. The van der Waals surface area contributed by atoms with E-state index in [1.807, 2.05) is 0 Å². The van der Waals surface area contributed by atoms with Gasteiger partial charge in [-0.3, -0.25) is 0 Å². The van der Waals surface area contributed by atoms with Crippen molar-refractivity contribution in [3.05, 3.63) is 12.2 Å². The molecular weight excluding hydrogens is 338 g/mol. The first kappa shape index (κ1) is 27.7. The minimum Gasteiger partial charge on any atom is -0.317 e. The van der Waals surface area contributed by atoms with Gasteiger partial charge >= 0.3 is 0 Å². The summed E-state index contributed by atoms with van der Waals surface area (Å²) in [5.74, 6) is 0. The van der Waals surface area contributed by atoms with Crippen LogP contribution in [0.3, 0.4) is 0 Å². The van der Waals surface area contributed by atoms with E-state index in [2.05, 4.69) is 25.7 Å². The molecule has 0 atom stereocenters. The molecule has 28 heavy (non-hydrogen) atoms. The fourth-order valence-corrected chi connectivity index (χ4v) is 3.90. The number of nitrogens with one attached hydrogen (secondary N) is 1. The number of hydrogen-bond acceptors (Lipinski definition) is 1. The van der Waals surface area contributed by atoms with E-state index in [4.69, 9.17) is 0 Å². The second-order valence-electron chi connectivity index (χ2n) is 8.97. The Bertz CT molecular complexity index is 297. The summed E-state index contributed by atoms with van der Waals surface area (Å²) in [4.78, 5) is 0. The molecule has 0 spiro atoms. The van der Waals surface area contributed by atoms with Crippen LogP contribution in [0.5, 0.6) is 0 Å². The highest BCUT2D eigenvalue weighted by Gasteiger charge is 1.95. The van der Waals surface area contributed by atoms with Crippen LogP contribution in [0.2, 0.25) is 0 Å². The quantitative estimate of drug-likeness (QED) is 0.127. The Kier molecular flexibility index (Phi) is 24.5. The second kappa shape index (κ2) is 24.7. The van der Waals surface area contributed by atoms with Gasteiger partial charge < -0.3 is 5.32 Å². The lowest BCUT2D eigenvalue weighted by molar-refractivity contribution is 0.524. The van der Waals surface area contributed by atoms with Gasteiger partial charge in [-0.05, 0) is 45.2 Å². The molecular formula is C27H55N. The van der Waals surface area contributed by atoms with Crippen LogP contribution in [0, 0.1) is 0 Å². The van der Waals surface area contributed by atoms with Crippen molar-refractivity contribution in [2.45, 2.75) is 149 Å². The van der Waals surface area contributed by atoms with Gasteiger partial charge in [-0.15, -0.1) is 0 Å². The van der Waals surface area contributed by atoms with Crippen LogP contribution in [-0.4, -0.2) is 13.1 Å². The smallest absolute Gasteiger partial charge is 0.00489 e. The maximum absolute atomic E-state index is 4.09. The molecule has 0 aliphatic rings. The summed E-state index contributed by atoms with van der Waals surface area (Å²) in [7, 11) is 0. The van der Waals surface area contributed by atoms with Gasteiger partial charge in [0, 0.05) is 0 Å². The Hall–Kier alpha value is -0.300. The molecule has 0 aliphatic heterocycles. The minimum atomic E-state index is 1.16. The number of hydrogen-bond donors (Lipinski definition) is 1. The summed E-state index contributed by atoms with van der Waals surface area (Å²) in [6.45, 7) is 11.1. The Morgan fingerprint density at radius 3 is 1.25 bits per heavy atom. The van der Waals surface area contributed by atoms with Crippen molar-refractivity contribution < 1.29 is 0 Å². The Morgan fingerprint density at radius 1 is 0.500 bits per heavy atom. The summed E-state index contributed by atoms with van der Waals surface area (Å²) in [6, 6.07) is 0. The topological polar surface area (TPSA) is 12.0 Å². The Morgan fingerprint density at radius 2 is 0.857 bits per heavy atom. The predicted octanol–water partition coefficient (Wildman–Crippen LogP) is 9.36. The highest BCUT2D eigenvalue weighted by Crippen LogP contribution is 2.13. The Labute approximate surface area is 179 Å². The standard InChI is InChI=1S/C27H55N/c1-4-6-7-8-9-10-11-12-13-14-15-16-19-22-25-28-26-23-20-17-18-21-24-27(3)5-2/h28H,3-26H2,1-2H3. The molecule has 0 fully saturated rings. The lowest BCUT2D eigenvalue weighted by Gasteiger charge is -2.06. The van der Waals surface area contributed by atoms with E-state index in [1.54, 1.807) is 0 Å². The average molecular weight is 394 g/mol. The fraction of sp³-hybridized carbons (Fsp3) is 0.926. The number of unbranched alkanes of at least 4 members (excludes halogenated alkanes) is 17. The normalized spacial score (nSPS) is 11.2. The molecule has 0 saturated carbocycles. The molecule has 0 aliphatic carbocycles. The third-order valence-corrected chi connectivity index (χ3v) is 6.09. The third kappa shape index (κ3) is 23.7. The molecule has 0 aromatic rings. The van der Waals surface area contributed by atoms with Crippen LogP contribution >= 0.6 is 0 Å². The van der Waals surface area contributed by atoms with Gasteiger partial charge in [0.1, 0.15) is 0 Å². The van der Waals surface area contributed by atoms with Crippen molar-refractivity contribution in [3.8, 4) is 0 Å². The SMILES string of the molecule is C=C(CC)CCCCCCCNCCCCCCCCCCCCCCCC. The van der Waals surface area contributed by atoms with E-state index >= 15 is 0 Å². The first-order valence-corrected chi connectivity index (χ1v) is 13.2. The van der Waals surface area contributed by atoms with Gasteiger partial charge in [-0.25, -0.2) is 0 Å². The molecule has 0 aromatic carbocycles. The van der Waals surface area contributed by atoms with E-state index in [1.165, 1.54) is 147 Å². The molecule has 1 nitrogen and oxygen atoms in total. The van der Waals surface area contributed by atoms with E-state index in [-0.39, 0.29) is 0 Å². The molecule has 168 valence electrons. The molecule has 0 radical (unpaired) electrons. The molecule has 0 bridgehead atoms. The van der Waals surface area contributed by atoms with Crippen molar-refractivity contribution in [3.63, 3.8) is 0 Å². The average Bonchev–Trinajstić information content (AvgIpc) is 2.71. The molecule has 1 N–H and O–H groups in total. The summed E-state index contributed by atoms with van der Waals surface area (Å²) < 4.78 is 0. The zero-order valence-corrected chi connectivity index (χ0v) is 20.0. The van der Waals surface area contributed by atoms with Gasteiger partial charge in [0.2, 0.25) is 0 Å². The second-order valence-corrected chi connectivity index (χ2v) is 8.97.